The standard InChI is InChI=1S/C20H30O3Si/c1-8-20(4,24(5,6)7)17-14-9-10-19(2,3)23-15(14)11-13-12-22-18(21)16(13)17/h11H,8-10,12H2,1-7H3/t20-/m1/s1. The van der Waals surface area contributed by atoms with Gasteiger partial charge in [0.25, 0.3) is 0 Å². The first-order chi connectivity index (χ1) is 11.0. The molecular weight excluding hydrogens is 316 g/mol. The first-order valence-corrected chi connectivity index (χ1v) is 12.6. The summed E-state index contributed by atoms with van der Waals surface area (Å²) in [6, 6.07) is 2.06. The third kappa shape index (κ3) is 2.50. The van der Waals surface area contributed by atoms with E-state index in [9.17, 15) is 4.79 Å². The first-order valence-electron chi connectivity index (χ1n) is 9.05. The number of fused-ring (bicyclic) bond motifs is 2. The number of hydrogen-bond donors (Lipinski definition) is 0. The molecule has 0 fully saturated rings. The molecule has 0 radical (unpaired) electrons. The van der Waals surface area contributed by atoms with Gasteiger partial charge in [-0.1, -0.05) is 33.5 Å². The summed E-state index contributed by atoms with van der Waals surface area (Å²) in [5, 5.41) is 0.0244. The average molecular weight is 347 g/mol. The summed E-state index contributed by atoms with van der Waals surface area (Å²) in [6.07, 6.45) is 2.98. The lowest BCUT2D eigenvalue weighted by atomic mass is 9.81. The molecule has 4 heteroatoms. The van der Waals surface area contributed by atoms with Crippen LogP contribution in [0.25, 0.3) is 0 Å². The van der Waals surface area contributed by atoms with Crippen molar-refractivity contribution in [2.75, 3.05) is 0 Å². The van der Waals surface area contributed by atoms with Crippen LogP contribution in [0.1, 0.15) is 67.6 Å². The highest BCUT2D eigenvalue weighted by Crippen LogP contribution is 2.48. The van der Waals surface area contributed by atoms with Gasteiger partial charge in [0.2, 0.25) is 0 Å². The summed E-state index contributed by atoms with van der Waals surface area (Å²) in [7, 11) is -1.58. The molecule has 0 unspecified atom stereocenters. The lowest BCUT2D eigenvalue weighted by Gasteiger charge is -2.44. The topological polar surface area (TPSA) is 35.5 Å². The second-order valence-electron chi connectivity index (χ2n) is 9.14. The van der Waals surface area contributed by atoms with E-state index < -0.39 is 8.07 Å². The van der Waals surface area contributed by atoms with E-state index in [1.807, 2.05) is 0 Å². The zero-order valence-electron chi connectivity index (χ0n) is 16.1. The van der Waals surface area contributed by atoms with E-state index in [0.717, 1.165) is 36.1 Å². The third-order valence-corrected chi connectivity index (χ3v) is 10.2. The van der Waals surface area contributed by atoms with Crippen LogP contribution >= 0.6 is 0 Å². The van der Waals surface area contributed by atoms with E-state index >= 15 is 0 Å². The van der Waals surface area contributed by atoms with E-state index in [-0.39, 0.29) is 16.6 Å². The Morgan fingerprint density at radius 2 is 1.96 bits per heavy atom. The number of rotatable bonds is 3. The number of benzene rings is 1. The zero-order valence-corrected chi connectivity index (χ0v) is 17.1. The van der Waals surface area contributed by atoms with Gasteiger partial charge < -0.3 is 9.47 Å². The Bertz CT molecular complexity index is 700. The first kappa shape index (κ1) is 17.5. The van der Waals surface area contributed by atoms with Crippen LogP contribution in [0.2, 0.25) is 19.6 Å². The smallest absolute Gasteiger partial charge is 0.339 e. The largest absolute Gasteiger partial charge is 0.488 e. The fraction of sp³-hybridized carbons (Fsp3) is 0.650. The van der Waals surface area contributed by atoms with Crippen LogP contribution in [0.4, 0.5) is 0 Å². The van der Waals surface area contributed by atoms with Gasteiger partial charge in [0, 0.05) is 5.56 Å². The minimum Gasteiger partial charge on any atom is -0.488 e. The van der Waals surface area contributed by atoms with E-state index in [2.05, 4.69) is 53.4 Å². The van der Waals surface area contributed by atoms with Crippen LogP contribution < -0.4 is 4.74 Å². The van der Waals surface area contributed by atoms with Gasteiger partial charge in [0.15, 0.2) is 0 Å². The summed E-state index contributed by atoms with van der Waals surface area (Å²) >= 11 is 0. The molecule has 2 heterocycles. The second-order valence-corrected chi connectivity index (χ2v) is 14.7. The van der Waals surface area contributed by atoms with Crippen LogP contribution in [0, 0.1) is 0 Å². The molecule has 0 saturated heterocycles. The van der Waals surface area contributed by atoms with Gasteiger partial charge in [0.05, 0.1) is 13.6 Å². The van der Waals surface area contributed by atoms with Crippen molar-refractivity contribution in [3.05, 3.63) is 28.3 Å². The third-order valence-electron chi connectivity index (χ3n) is 6.32. The van der Waals surface area contributed by atoms with Crippen molar-refractivity contribution < 1.29 is 14.3 Å². The molecule has 0 bridgehead atoms. The van der Waals surface area contributed by atoms with Gasteiger partial charge in [-0.25, -0.2) is 4.79 Å². The molecule has 3 nitrogen and oxygen atoms in total. The molecule has 0 saturated carbocycles. The van der Waals surface area contributed by atoms with Crippen LogP contribution in [0.5, 0.6) is 5.75 Å². The summed E-state index contributed by atoms with van der Waals surface area (Å²) in [4.78, 5) is 12.5. The molecule has 2 aliphatic heterocycles. The van der Waals surface area contributed by atoms with Gasteiger partial charge in [-0.3, -0.25) is 0 Å². The summed E-state index contributed by atoms with van der Waals surface area (Å²) < 4.78 is 11.7. The Balaban J connectivity index is 2.33. The Kier molecular flexibility index (Phi) is 3.91. The maximum absolute atomic E-state index is 12.5. The lowest BCUT2D eigenvalue weighted by molar-refractivity contribution is 0.0533. The summed E-state index contributed by atoms with van der Waals surface area (Å²) in [6.45, 7) is 16.5. The molecular formula is C20H30O3Si. The van der Waals surface area contributed by atoms with Gasteiger partial charge >= 0.3 is 5.97 Å². The van der Waals surface area contributed by atoms with Crippen molar-refractivity contribution in [2.24, 2.45) is 0 Å². The monoisotopic (exact) mass is 346 g/mol. The normalized spacial score (nSPS) is 21.4. The predicted molar refractivity (Wildman–Crippen MR) is 99.6 cm³/mol. The highest BCUT2D eigenvalue weighted by atomic mass is 28.3. The van der Waals surface area contributed by atoms with E-state index in [0.29, 0.717) is 6.61 Å². The van der Waals surface area contributed by atoms with E-state index in [4.69, 9.17) is 9.47 Å². The van der Waals surface area contributed by atoms with Crippen LogP contribution in [-0.4, -0.2) is 19.6 Å². The van der Waals surface area contributed by atoms with E-state index in [1.165, 1.54) is 11.1 Å². The minimum absolute atomic E-state index is 0.0244. The molecule has 2 aliphatic rings. The molecule has 24 heavy (non-hydrogen) atoms. The molecule has 0 spiro atoms. The van der Waals surface area contributed by atoms with Crippen molar-refractivity contribution in [3.63, 3.8) is 0 Å². The fourth-order valence-corrected chi connectivity index (χ4v) is 6.21. The highest BCUT2D eigenvalue weighted by Gasteiger charge is 2.46. The molecule has 0 aromatic heterocycles. The van der Waals surface area contributed by atoms with Crippen molar-refractivity contribution in [1.82, 2.24) is 0 Å². The number of ether oxygens (including phenoxy) is 2. The Labute approximate surface area is 146 Å². The van der Waals surface area contributed by atoms with Crippen LogP contribution in [0.3, 0.4) is 0 Å². The molecule has 0 amide bonds. The molecule has 132 valence electrons. The number of esters is 1. The van der Waals surface area contributed by atoms with Gasteiger partial charge in [0.1, 0.15) is 18.0 Å². The number of hydrogen-bond acceptors (Lipinski definition) is 3. The maximum atomic E-state index is 12.5. The number of carbonyl (C=O) groups is 1. The van der Waals surface area contributed by atoms with Gasteiger partial charge in [-0.2, -0.15) is 0 Å². The van der Waals surface area contributed by atoms with Crippen molar-refractivity contribution >= 4 is 14.0 Å². The van der Waals surface area contributed by atoms with E-state index in [1.54, 1.807) is 0 Å². The Morgan fingerprint density at radius 3 is 2.54 bits per heavy atom. The molecule has 0 N–H and O–H groups in total. The highest BCUT2D eigenvalue weighted by molar-refractivity contribution is 6.79. The Morgan fingerprint density at radius 1 is 1.29 bits per heavy atom. The SMILES string of the molecule is CC[C@](C)(c1c2c(cc3c1C(=O)OC3)OC(C)(C)CC2)[Si](C)(C)C. The maximum Gasteiger partial charge on any atom is 0.339 e. The second kappa shape index (κ2) is 5.35. The van der Waals surface area contributed by atoms with Crippen molar-refractivity contribution in [3.8, 4) is 5.75 Å². The zero-order chi connectivity index (χ0) is 17.9. The number of carbonyl (C=O) groups excluding carboxylic acids is 1. The van der Waals surface area contributed by atoms with Crippen LogP contribution in [-0.2, 0) is 22.8 Å². The van der Waals surface area contributed by atoms with Crippen LogP contribution in [0.15, 0.2) is 6.07 Å². The van der Waals surface area contributed by atoms with Gasteiger partial charge in [-0.15, -0.1) is 0 Å². The quantitative estimate of drug-likeness (QED) is 0.570. The summed E-state index contributed by atoms with van der Waals surface area (Å²) in [5.74, 6) is 0.821. The molecule has 3 rings (SSSR count). The Hall–Kier alpha value is -1.29. The van der Waals surface area contributed by atoms with Crippen molar-refractivity contribution in [2.45, 2.75) is 83.8 Å². The van der Waals surface area contributed by atoms with Crippen molar-refractivity contribution in [1.29, 1.82) is 0 Å². The fourth-order valence-electron chi connectivity index (χ4n) is 4.12. The number of cyclic esters (lactones) is 1. The molecule has 1 aromatic rings. The predicted octanol–water partition coefficient (Wildman–Crippen LogP) is 5.01. The average Bonchev–Trinajstić information content (AvgIpc) is 2.83. The molecule has 0 aliphatic carbocycles. The molecule has 1 atom stereocenters. The summed E-state index contributed by atoms with van der Waals surface area (Å²) in [5.41, 5.74) is 4.17. The minimum atomic E-state index is -1.58. The molecule has 1 aromatic carbocycles. The van der Waals surface area contributed by atoms with Gasteiger partial charge in [-0.05, 0) is 55.3 Å². The lowest BCUT2D eigenvalue weighted by Crippen LogP contribution is -2.49.